The highest BCUT2D eigenvalue weighted by Gasteiger charge is 2.20. The summed E-state index contributed by atoms with van der Waals surface area (Å²) in [6.45, 7) is 7.30. The van der Waals surface area contributed by atoms with Gasteiger partial charge in [0.25, 0.3) is 0 Å². The molecule has 2 nitrogen and oxygen atoms in total. The summed E-state index contributed by atoms with van der Waals surface area (Å²) in [5, 5.41) is 0.755. The second-order valence-corrected chi connectivity index (χ2v) is 6.45. The molecule has 4 heteroatoms. The van der Waals surface area contributed by atoms with Crippen LogP contribution >= 0.6 is 27.5 Å². The lowest BCUT2D eigenvalue weighted by Gasteiger charge is -2.32. The third-order valence-electron chi connectivity index (χ3n) is 3.58. The fraction of sp³-hybridized carbons (Fsp3) is 0.625. The van der Waals surface area contributed by atoms with Crippen molar-refractivity contribution in [2.45, 2.75) is 45.6 Å². The fourth-order valence-corrected chi connectivity index (χ4v) is 3.34. The number of halogens is 2. The highest BCUT2D eigenvalue weighted by molar-refractivity contribution is 9.10. The van der Waals surface area contributed by atoms with Crippen molar-refractivity contribution in [2.24, 2.45) is 5.73 Å². The first kappa shape index (κ1) is 18.0. The second-order valence-electron chi connectivity index (χ2n) is 5.16. The van der Waals surface area contributed by atoms with E-state index in [1.807, 2.05) is 12.1 Å². The number of rotatable bonds is 9. The minimum Gasteiger partial charge on any atom is -0.329 e. The van der Waals surface area contributed by atoms with Gasteiger partial charge in [-0.3, -0.25) is 4.90 Å². The van der Waals surface area contributed by atoms with Gasteiger partial charge in [-0.1, -0.05) is 60.3 Å². The second kappa shape index (κ2) is 9.78. The van der Waals surface area contributed by atoms with Gasteiger partial charge in [-0.2, -0.15) is 0 Å². The Balaban J connectivity index is 2.92. The Morgan fingerprint density at radius 3 is 2.25 bits per heavy atom. The maximum absolute atomic E-state index is 6.06. The van der Waals surface area contributed by atoms with Crippen molar-refractivity contribution in [1.29, 1.82) is 0 Å². The summed E-state index contributed by atoms with van der Waals surface area (Å²) >= 11 is 9.66. The standard InChI is InChI=1S/C16H26BrClN2/c1-3-5-9-20(10-6-4-2)16(12-19)14-8-7-13(18)11-15(14)17/h7-8,11,16H,3-6,9-10,12,19H2,1-2H3. The molecule has 114 valence electrons. The van der Waals surface area contributed by atoms with Crippen LogP contribution in [-0.4, -0.2) is 24.5 Å². The molecule has 1 rings (SSSR count). The van der Waals surface area contributed by atoms with Crippen LogP contribution in [0.4, 0.5) is 0 Å². The number of unbranched alkanes of at least 4 members (excludes halogenated alkanes) is 2. The van der Waals surface area contributed by atoms with Crippen LogP contribution in [0.25, 0.3) is 0 Å². The topological polar surface area (TPSA) is 29.3 Å². The first-order valence-corrected chi connectivity index (χ1v) is 8.70. The summed E-state index contributed by atoms with van der Waals surface area (Å²) in [7, 11) is 0. The Hall–Kier alpha value is -0.0900. The SMILES string of the molecule is CCCCN(CCCC)C(CN)c1ccc(Cl)cc1Br. The zero-order valence-corrected chi connectivity index (χ0v) is 14.9. The molecule has 0 amide bonds. The van der Waals surface area contributed by atoms with E-state index in [1.165, 1.54) is 31.2 Å². The van der Waals surface area contributed by atoms with Crippen LogP contribution in [0.2, 0.25) is 5.02 Å². The minimum atomic E-state index is 0.264. The molecular weight excluding hydrogens is 336 g/mol. The van der Waals surface area contributed by atoms with Gasteiger partial charge in [0.2, 0.25) is 0 Å². The van der Waals surface area contributed by atoms with E-state index < -0.39 is 0 Å². The molecule has 0 fully saturated rings. The number of benzene rings is 1. The average molecular weight is 362 g/mol. The molecule has 20 heavy (non-hydrogen) atoms. The van der Waals surface area contributed by atoms with Gasteiger partial charge in [-0.25, -0.2) is 0 Å². The third-order valence-corrected chi connectivity index (χ3v) is 4.51. The smallest absolute Gasteiger partial charge is 0.0481 e. The summed E-state index contributed by atoms with van der Waals surface area (Å²) in [4.78, 5) is 2.51. The summed E-state index contributed by atoms with van der Waals surface area (Å²) in [6.07, 6.45) is 4.85. The zero-order valence-electron chi connectivity index (χ0n) is 12.5. The highest BCUT2D eigenvalue weighted by atomic mass is 79.9. The Labute approximate surface area is 136 Å². The molecule has 0 radical (unpaired) electrons. The van der Waals surface area contributed by atoms with E-state index in [-0.39, 0.29) is 6.04 Å². The largest absolute Gasteiger partial charge is 0.329 e. The summed E-state index contributed by atoms with van der Waals surface area (Å²) in [6, 6.07) is 6.26. The van der Waals surface area contributed by atoms with Gasteiger partial charge in [0.05, 0.1) is 0 Å². The molecule has 1 atom stereocenters. The van der Waals surface area contributed by atoms with Gasteiger partial charge in [-0.15, -0.1) is 0 Å². The molecule has 1 aromatic carbocycles. The molecule has 0 aliphatic heterocycles. The summed E-state index contributed by atoms with van der Waals surface area (Å²) in [5.74, 6) is 0. The maximum Gasteiger partial charge on any atom is 0.0481 e. The van der Waals surface area contributed by atoms with Gasteiger partial charge >= 0.3 is 0 Å². The number of hydrogen-bond donors (Lipinski definition) is 1. The van der Waals surface area contributed by atoms with Crippen molar-refractivity contribution in [1.82, 2.24) is 4.90 Å². The Bertz CT molecular complexity index is 390. The van der Waals surface area contributed by atoms with Crippen molar-refractivity contribution in [3.05, 3.63) is 33.3 Å². The molecule has 2 N–H and O–H groups in total. The van der Waals surface area contributed by atoms with E-state index >= 15 is 0 Å². The van der Waals surface area contributed by atoms with Gasteiger partial charge in [0, 0.05) is 22.1 Å². The van der Waals surface area contributed by atoms with Crippen LogP contribution in [0.5, 0.6) is 0 Å². The van der Waals surface area contributed by atoms with E-state index in [1.54, 1.807) is 0 Å². The monoisotopic (exact) mass is 360 g/mol. The average Bonchev–Trinajstić information content (AvgIpc) is 2.43. The van der Waals surface area contributed by atoms with Crippen LogP contribution in [0, 0.1) is 0 Å². The Morgan fingerprint density at radius 2 is 1.80 bits per heavy atom. The molecule has 1 aromatic rings. The Kier molecular flexibility index (Phi) is 8.78. The number of nitrogens with zero attached hydrogens (tertiary/aromatic N) is 1. The van der Waals surface area contributed by atoms with E-state index in [9.17, 15) is 0 Å². The predicted octanol–water partition coefficient (Wildman–Crippen LogP) is 5.00. The lowest BCUT2D eigenvalue weighted by molar-refractivity contribution is 0.195. The molecule has 0 heterocycles. The van der Waals surface area contributed by atoms with Gasteiger partial charge in [-0.05, 0) is 43.6 Å². The lowest BCUT2D eigenvalue weighted by Crippen LogP contribution is -2.35. The third kappa shape index (κ3) is 5.36. The molecule has 0 aliphatic carbocycles. The molecule has 0 saturated heterocycles. The summed E-state index contributed by atoms with van der Waals surface area (Å²) in [5.41, 5.74) is 7.30. The van der Waals surface area contributed by atoms with Crippen molar-refractivity contribution in [3.8, 4) is 0 Å². The highest BCUT2D eigenvalue weighted by Crippen LogP contribution is 2.30. The van der Waals surface area contributed by atoms with Gasteiger partial charge in [0.15, 0.2) is 0 Å². The van der Waals surface area contributed by atoms with E-state index in [2.05, 4.69) is 40.7 Å². The molecule has 0 bridgehead atoms. The first-order chi connectivity index (χ1) is 9.63. The molecule has 1 unspecified atom stereocenters. The lowest BCUT2D eigenvalue weighted by atomic mass is 10.0. The number of nitrogens with two attached hydrogens (primary N) is 1. The summed E-state index contributed by atoms with van der Waals surface area (Å²) < 4.78 is 1.05. The zero-order chi connectivity index (χ0) is 15.0. The fourth-order valence-electron chi connectivity index (χ4n) is 2.39. The molecule has 0 aliphatic rings. The molecule has 0 spiro atoms. The minimum absolute atomic E-state index is 0.264. The molecule has 0 saturated carbocycles. The quantitative estimate of drug-likeness (QED) is 0.670. The van der Waals surface area contributed by atoms with Crippen molar-refractivity contribution in [3.63, 3.8) is 0 Å². The Morgan fingerprint density at radius 1 is 1.20 bits per heavy atom. The van der Waals surface area contributed by atoms with E-state index in [0.717, 1.165) is 22.6 Å². The molecule has 0 aromatic heterocycles. The van der Waals surface area contributed by atoms with Crippen molar-refractivity contribution >= 4 is 27.5 Å². The van der Waals surface area contributed by atoms with E-state index in [0.29, 0.717) is 6.54 Å². The van der Waals surface area contributed by atoms with Crippen LogP contribution in [0.15, 0.2) is 22.7 Å². The van der Waals surface area contributed by atoms with Crippen molar-refractivity contribution < 1.29 is 0 Å². The maximum atomic E-state index is 6.06. The number of hydrogen-bond acceptors (Lipinski definition) is 2. The molecular formula is C16H26BrClN2. The van der Waals surface area contributed by atoms with Gasteiger partial charge in [0.1, 0.15) is 0 Å². The van der Waals surface area contributed by atoms with Crippen molar-refractivity contribution in [2.75, 3.05) is 19.6 Å². The predicted molar refractivity (Wildman–Crippen MR) is 92.3 cm³/mol. The van der Waals surface area contributed by atoms with Gasteiger partial charge < -0.3 is 5.73 Å². The first-order valence-electron chi connectivity index (χ1n) is 7.53. The van der Waals surface area contributed by atoms with Crippen LogP contribution in [-0.2, 0) is 0 Å². The van der Waals surface area contributed by atoms with E-state index in [4.69, 9.17) is 17.3 Å². The van der Waals surface area contributed by atoms with Crippen LogP contribution in [0.1, 0.15) is 51.1 Å². The van der Waals surface area contributed by atoms with Crippen LogP contribution < -0.4 is 5.73 Å². The van der Waals surface area contributed by atoms with Crippen LogP contribution in [0.3, 0.4) is 0 Å². The normalized spacial score (nSPS) is 12.9.